The van der Waals surface area contributed by atoms with Gasteiger partial charge < -0.3 is 19.5 Å². The quantitative estimate of drug-likeness (QED) is 0.571. The van der Waals surface area contributed by atoms with Crippen molar-refractivity contribution in [2.24, 2.45) is 0 Å². The number of ether oxygens (including phenoxy) is 3. The van der Waals surface area contributed by atoms with Crippen LogP contribution in [0.15, 0.2) is 42.5 Å². The van der Waals surface area contributed by atoms with Gasteiger partial charge in [0, 0.05) is 12.1 Å². The lowest BCUT2D eigenvalue weighted by Crippen LogP contribution is -2.30. The molecule has 6 heteroatoms. The van der Waals surface area contributed by atoms with Gasteiger partial charge in [-0.2, -0.15) is 0 Å². The molecule has 0 unspecified atom stereocenters. The van der Waals surface area contributed by atoms with Crippen LogP contribution in [-0.4, -0.2) is 32.2 Å². The molecule has 0 radical (unpaired) electrons. The topological polar surface area (TPSA) is 73.9 Å². The number of rotatable bonds is 10. The summed E-state index contributed by atoms with van der Waals surface area (Å²) in [4.78, 5) is 24.7. The second kappa shape index (κ2) is 11.2. The zero-order valence-electron chi connectivity index (χ0n) is 18.4. The smallest absolute Gasteiger partial charge is 0.306 e. The standard InChI is InChI=1S/C24H31NO5/c1-6-16(2)19-9-7-8-10-20(19)25-24(27)17(3)30-23(26)14-12-18-11-13-21(28-4)22(15-18)29-5/h7-11,13,15-17H,6,12,14H2,1-5H3,(H,25,27)/t16-,17-/m1/s1. The van der Waals surface area contributed by atoms with Crippen LogP contribution in [0.2, 0.25) is 0 Å². The fraction of sp³-hybridized carbons (Fsp3) is 0.417. The first kappa shape index (κ1) is 23.3. The molecular weight excluding hydrogens is 382 g/mol. The van der Waals surface area contributed by atoms with Gasteiger partial charge in [-0.25, -0.2) is 0 Å². The van der Waals surface area contributed by atoms with E-state index in [0.29, 0.717) is 23.8 Å². The summed E-state index contributed by atoms with van der Waals surface area (Å²) in [5.41, 5.74) is 2.74. The molecule has 0 spiro atoms. The molecule has 1 amide bonds. The fourth-order valence-corrected chi connectivity index (χ4v) is 3.09. The summed E-state index contributed by atoms with van der Waals surface area (Å²) >= 11 is 0. The Kier molecular flexibility index (Phi) is 8.71. The molecule has 0 heterocycles. The maximum absolute atomic E-state index is 12.5. The van der Waals surface area contributed by atoms with Gasteiger partial charge in [0.1, 0.15) is 0 Å². The summed E-state index contributed by atoms with van der Waals surface area (Å²) in [5, 5.41) is 2.89. The number of nitrogens with one attached hydrogen (secondary N) is 1. The second-order valence-electron chi connectivity index (χ2n) is 7.21. The largest absolute Gasteiger partial charge is 0.493 e. The molecule has 0 saturated carbocycles. The number of carbonyl (C=O) groups excluding carboxylic acids is 2. The van der Waals surface area contributed by atoms with Crippen molar-refractivity contribution >= 4 is 17.6 Å². The van der Waals surface area contributed by atoms with Gasteiger partial charge in [0.25, 0.3) is 5.91 Å². The maximum Gasteiger partial charge on any atom is 0.306 e. The van der Waals surface area contributed by atoms with Crippen LogP contribution in [0, 0.1) is 0 Å². The Hall–Kier alpha value is -3.02. The highest BCUT2D eigenvalue weighted by atomic mass is 16.5. The van der Waals surface area contributed by atoms with Crippen molar-refractivity contribution < 1.29 is 23.8 Å². The zero-order chi connectivity index (χ0) is 22.1. The number of benzene rings is 2. The molecule has 6 nitrogen and oxygen atoms in total. The summed E-state index contributed by atoms with van der Waals surface area (Å²) in [7, 11) is 3.14. The van der Waals surface area contributed by atoms with E-state index >= 15 is 0 Å². The van der Waals surface area contributed by atoms with Crippen molar-refractivity contribution in [1.82, 2.24) is 0 Å². The molecule has 162 valence electrons. The molecule has 2 atom stereocenters. The minimum atomic E-state index is -0.882. The molecule has 0 aliphatic heterocycles. The van der Waals surface area contributed by atoms with Gasteiger partial charge in [0.05, 0.1) is 14.2 Å². The van der Waals surface area contributed by atoms with E-state index in [9.17, 15) is 9.59 Å². The Balaban J connectivity index is 1.91. The Labute approximate surface area is 178 Å². The van der Waals surface area contributed by atoms with Crippen LogP contribution in [0.4, 0.5) is 5.69 Å². The third-order valence-electron chi connectivity index (χ3n) is 5.11. The van der Waals surface area contributed by atoms with Crippen molar-refractivity contribution in [3.8, 4) is 11.5 Å². The molecule has 2 rings (SSSR count). The molecular formula is C24H31NO5. The normalized spacial score (nSPS) is 12.6. The molecule has 0 aliphatic carbocycles. The number of hydrogen-bond acceptors (Lipinski definition) is 5. The van der Waals surface area contributed by atoms with E-state index < -0.39 is 12.1 Å². The van der Waals surface area contributed by atoms with Crippen LogP contribution >= 0.6 is 0 Å². The Bertz CT molecular complexity index is 864. The van der Waals surface area contributed by atoms with Crippen molar-refractivity contribution in [3.63, 3.8) is 0 Å². The van der Waals surface area contributed by atoms with Crippen LogP contribution in [-0.2, 0) is 20.7 Å². The average Bonchev–Trinajstić information content (AvgIpc) is 2.77. The van der Waals surface area contributed by atoms with Crippen LogP contribution in [0.25, 0.3) is 0 Å². The molecule has 2 aromatic carbocycles. The number of esters is 1. The first-order chi connectivity index (χ1) is 14.4. The minimum absolute atomic E-state index is 0.163. The van der Waals surface area contributed by atoms with Crippen LogP contribution in [0.5, 0.6) is 11.5 Å². The molecule has 0 bridgehead atoms. The van der Waals surface area contributed by atoms with E-state index in [1.165, 1.54) is 0 Å². The van der Waals surface area contributed by atoms with E-state index in [-0.39, 0.29) is 12.3 Å². The molecule has 0 saturated heterocycles. The van der Waals surface area contributed by atoms with Crippen molar-refractivity contribution in [2.45, 2.75) is 52.1 Å². The van der Waals surface area contributed by atoms with Gasteiger partial charge >= 0.3 is 5.97 Å². The molecule has 0 aliphatic rings. The summed E-state index contributed by atoms with van der Waals surface area (Å²) in [6.45, 7) is 5.80. The number of hydrogen-bond donors (Lipinski definition) is 1. The first-order valence-electron chi connectivity index (χ1n) is 10.2. The Morgan fingerprint density at radius 1 is 1.00 bits per heavy atom. The predicted molar refractivity (Wildman–Crippen MR) is 117 cm³/mol. The third-order valence-corrected chi connectivity index (χ3v) is 5.11. The van der Waals surface area contributed by atoms with Crippen molar-refractivity contribution in [3.05, 3.63) is 53.6 Å². The molecule has 1 N–H and O–H groups in total. The highest BCUT2D eigenvalue weighted by molar-refractivity contribution is 5.95. The average molecular weight is 414 g/mol. The lowest BCUT2D eigenvalue weighted by molar-refractivity contribution is -0.153. The Morgan fingerprint density at radius 3 is 2.37 bits per heavy atom. The summed E-state index contributed by atoms with van der Waals surface area (Å²) in [5.74, 6) is 0.789. The van der Waals surface area contributed by atoms with Crippen LogP contribution < -0.4 is 14.8 Å². The van der Waals surface area contributed by atoms with E-state index in [0.717, 1.165) is 23.2 Å². The van der Waals surface area contributed by atoms with Crippen LogP contribution in [0.3, 0.4) is 0 Å². The zero-order valence-corrected chi connectivity index (χ0v) is 18.4. The number of carbonyl (C=O) groups is 2. The van der Waals surface area contributed by atoms with Gasteiger partial charge in [-0.3, -0.25) is 9.59 Å². The van der Waals surface area contributed by atoms with Gasteiger partial charge in [-0.05, 0) is 55.0 Å². The lowest BCUT2D eigenvalue weighted by atomic mass is 9.97. The van der Waals surface area contributed by atoms with Crippen LogP contribution in [0.1, 0.15) is 50.7 Å². The van der Waals surface area contributed by atoms with E-state index in [1.54, 1.807) is 27.2 Å². The maximum atomic E-state index is 12.5. The van der Waals surface area contributed by atoms with Gasteiger partial charge in [0.15, 0.2) is 17.6 Å². The Morgan fingerprint density at radius 2 is 1.70 bits per heavy atom. The summed E-state index contributed by atoms with van der Waals surface area (Å²) < 4.78 is 15.8. The fourth-order valence-electron chi connectivity index (χ4n) is 3.09. The number of methoxy groups -OCH3 is 2. The number of aryl methyl sites for hydroxylation is 1. The van der Waals surface area contributed by atoms with E-state index in [1.807, 2.05) is 36.4 Å². The van der Waals surface area contributed by atoms with E-state index in [2.05, 4.69) is 19.2 Å². The third kappa shape index (κ3) is 6.24. The van der Waals surface area contributed by atoms with E-state index in [4.69, 9.17) is 14.2 Å². The minimum Gasteiger partial charge on any atom is -0.493 e. The highest BCUT2D eigenvalue weighted by Gasteiger charge is 2.20. The lowest BCUT2D eigenvalue weighted by Gasteiger charge is -2.18. The second-order valence-corrected chi connectivity index (χ2v) is 7.21. The molecule has 30 heavy (non-hydrogen) atoms. The number of anilines is 1. The summed E-state index contributed by atoms with van der Waals surface area (Å²) in [6.07, 6.45) is 0.724. The molecule has 2 aromatic rings. The SMILES string of the molecule is CC[C@@H](C)c1ccccc1NC(=O)[C@@H](C)OC(=O)CCc1ccc(OC)c(OC)c1. The molecule has 0 aromatic heterocycles. The first-order valence-corrected chi connectivity index (χ1v) is 10.2. The van der Waals surface area contributed by atoms with Gasteiger partial charge in [-0.1, -0.05) is 38.1 Å². The van der Waals surface area contributed by atoms with Gasteiger partial charge in [0.2, 0.25) is 0 Å². The monoisotopic (exact) mass is 413 g/mol. The number of para-hydroxylation sites is 1. The van der Waals surface area contributed by atoms with Crippen molar-refractivity contribution in [2.75, 3.05) is 19.5 Å². The summed E-state index contributed by atoms with van der Waals surface area (Å²) in [6, 6.07) is 13.2. The predicted octanol–water partition coefficient (Wildman–Crippen LogP) is 4.72. The van der Waals surface area contributed by atoms with Crippen molar-refractivity contribution in [1.29, 1.82) is 0 Å². The number of amides is 1. The molecule has 0 fully saturated rings. The highest BCUT2D eigenvalue weighted by Crippen LogP contribution is 2.28. The van der Waals surface area contributed by atoms with Gasteiger partial charge in [-0.15, -0.1) is 0 Å².